The number of carbonyl (C=O) groups excluding carboxylic acids is 1. The van der Waals surface area contributed by atoms with Crippen LogP contribution in [-0.4, -0.2) is 44.9 Å². The van der Waals surface area contributed by atoms with E-state index in [-0.39, 0.29) is 37.1 Å². The largest absolute Gasteiger partial charge is 0.481 e. The van der Waals surface area contributed by atoms with Gasteiger partial charge in [0.05, 0.1) is 18.0 Å². The number of carboxylic acids is 1. The van der Waals surface area contributed by atoms with E-state index in [0.717, 1.165) is 10.6 Å². The Hall–Kier alpha value is -1.70. The van der Waals surface area contributed by atoms with E-state index in [2.05, 4.69) is 9.97 Å². The Morgan fingerprint density at radius 2 is 2.17 bits per heavy atom. The van der Waals surface area contributed by atoms with Crippen molar-refractivity contribution in [3.8, 4) is 10.6 Å². The smallest absolute Gasteiger partial charge is 0.308 e. The van der Waals surface area contributed by atoms with Gasteiger partial charge < -0.3 is 10.0 Å². The molecule has 0 spiro atoms. The number of aliphatic carboxylic acids is 1. The molecule has 2 aromatic rings. The Morgan fingerprint density at radius 1 is 1.38 bits per heavy atom. The third kappa shape index (κ3) is 4.66. The molecule has 1 aliphatic rings. The van der Waals surface area contributed by atoms with Crippen LogP contribution in [0.5, 0.6) is 0 Å². The average molecular weight is 390 g/mol. The molecule has 1 unspecified atom stereocenters. The molecule has 0 bridgehead atoms. The number of rotatable bonds is 4. The van der Waals surface area contributed by atoms with Crippen molar-refractivity contribution in [2.75, 3.05) is 13.1 Å². The fraction of sp³-hybridized carbons (Fsp3) is 0.333. The molecule has 0 aliphatic carbocycles. The molecule has 0 saturated carbocycles. The summed E-state index contributed by atoms with van der Waals surface area (Å²) in [6, 6.07) is 3.77. The number of carboxylic acid groups (broad SMARTS) is 1. The first-order valence-corrected chi connectivity index (χ1v) is 7.87. The lowest BCUT2D eigenvalue weighted by atomic mass is 10.1. The summed E-state index contributed by atoms with van der Waals surface area (Å²) in [6.45, 7) is 0.809. The molecule has 1 saturated heterocycles. The van der Waals surface area contributed by atoms with E-state index in [1.54, 1.807) is 17.3 Å². The monoisotopic (exact) mass is 389 g/mol. The normalized spacial score (nSPS) is 16.2. The van der Waals surface area contributed by atoms with Crippen LogP contribution >= 0.6 is 36.2 Å². The molecule has 1 aliphatic heterocycles. The van der Waals surface area contributed by atoms with Gasteiger partial charge in [0, 0.05) is 36.4 Å². The summed E-state index contributed by atoms with van der Waals surface area (Å²) in [5.41, 5.74) is 1.64. The highest BCUT2D eigenvalue weighted by Gasteiger charge is 2.30. The van der Waals surface area contributed by atoms with Crippen LogP contribution in [-0.2, 0) is 16.0 Å². The first kappa shape index (κ1) is 20.3. The lowest BCUT2D eigenvalue weighted by Crippen LogP contribution is -2.31. The van der Waals surface area contributed by atoms with Gasteiger partial charge in [-0.1, -0.05) is 0 Å². The maximum atomic E-state index is 12.2. The average Bonchev–Trinajstić information content (AvgIpc) is 3.17. The Balaban J connectivity index is 0.00000144. The Bertz CT molecular complexity index is 696. The van der Waals surface area contributed by atoms with E-state index in [0.29, 0.717) is 25.2 Å². The molecule has 24 heavy (non-hydrogen) atoms. The minimum absolute atomic E-state index is 0. The molecular weight excluding hydrogens is 373 g/mol. The van der Waals surface area contributed by atoms with Gasteiger partial charge in [-0.25, -0.2) is 4.98 Å². The molecule has 1 atom stereocenters. The number of thiazole rings is 1. The second-order valence-electron chi connectivity index (χ2n) is 5.23. The third-order valence-corrected chi connectivity index (χ3v) is 4.62. The standard InChI is InChI=1S/C15H15N3O3S.2ClH/c19-13(18-5-3-11(8-18)15(20)21)6-12-9-22-14(17-12)10-2-1-4-16-7-10;;/h1-2,4,7,9,11H,3,5-6,8H2,(H,20,21);2*1H. The van der Waals surface area contributed by atoms with Crippen LogP contribution in [0, 0.1) is 5.92 Å². The molecule has 1 N–H and O–H groups in total. The van der Waals surface area contributed by atoms with Gasteiger partial charge in [0.25, 0.3) is 0 Å². The van der Waals surface area contributed by atoms with Crippen molar-refractivity contribution in [3.05, 3.63) is 35.6 Å². The van der Waals surface area contributed by atoms with Gasteiger partial charge in [0.2, 0.25) is 5.91 Å². The number of hydrogen-bond acceptors (Lipinski definition) is 5. The second kappa shape index (κ2) is 8.96. The molecule has 3 rings (SSSR count). The van der Waals surface area contributed by atoms with Crippen molar-refractivity contribution < 1.29 is 14.7 Å². The molecule has 130 valence electrons. The molecule has 1 amide bonds. The van der Waals surface area contributed by atoms with Crippen LogP contribution in [0.2, 0.25) is 0 Å². The van der Waals surface area contributed by atoms with Crippen molar-refractivity contribution >= 4 is 48.0 Å². The van der Waals surface area contributed by atoms with Crippen LogP contribution in [0.15, 0.2) is 29.9 Å². The number of pyridine rings is 1. The van der Waals surface area contributed by atoms with Gasteiger partial charge in [0.1, 0.15) is 5.01 Å². The zero-order valence-corrected chi connectivity index (χ0v) is 15.1. The van der Waals surface area contributed by atoms with E-state index in [1.165, 1.54) is 11.3 Å². The van der Waals surface area contributed by atoms with Crippen molar-refractivity contribution in [1.29, 1.82) is 0 Å². The fourth-order valence-electron chi connectivity index (χ4n) is 2.47. The van der Waals surface area contributed by atoms with Gasteiger partial charge >= 0.3 is 5.97 Å². The quantitative estimate of drug-likeness (QED) is 0.868. The number of hydrogen-bond donors (Lipinski definition) is 1. The van der Waals surface area contributed by atoms with Crippen molar-refractivity contribution in [1.82, 2.24) is 14.9 Å². The summed E-state index contributed by atoms with van der Waals surface area (Å²) >= 11 is 1.48. The SMILES string of the molecule is Cl.Cl.O=C(O)C1CCN(C(=O)Cc2csc(-c3cccnc3)n2)C1. The fourth-order valence-corrected chi connectivity index (χ4v) is 3.28. The second-order valence-corrected chi connectivity index (χ2v) is 6.08. The van der Waals surface area contributed by atoms with E-state index < -0.39 is 11.9 Å². The lowest BCUT2D eigenvalue weighted by Gasteiger charge is -2.14. The minimum Gasteiger partial charge on any atom is -0.481 e. The maximum Gasteiger partial charge on any atom is 0.308 e. The van der Waals surface area contributed by atoms with Crippen molar-refractivity contribution in [2.24, 2.45) is 5.92 Å². The van der Waals surface area contributed by atoms with Crippen LogP contribution in [0.4, 0.5) is 0 Å². The minimum atomic E-state index is -0.831. The molecule has 3 heterocycles. The zero-order valence-electron chi connectivity index (χ0n) is 12.6. The highest BCUT2D eigenvalue weighted by Crippen LogP contribution is 2.24. The van der Waals surface area contributed by atoms with Gasteiger partial charge in [-0.2, -0.15) is 0 Å². The first-order chi connectivity index (χ1) is 10.6. The number of nitrogens with zero attached hydrogens (tertiary/aromatic N) is 3. The van der Waals surface area contributed by atoms with E-state index >= 15 is 0 Å². The molecule has 1 fully saturated rings. The lowest BCUT2D eigenvalue weighted by molar-refractivity contribution is -0.141. The van der Waals surface area contributed by atoms with Gasteiger partial charge in [-0.15, -0.1) is 36.2 Å². The maximum absolute atomic E-state index is 12.2. The van der Waals surface area contributed by atoms with Crippen molar-refractivity contribution in [3.63, 3.8) is 0 Å². The Morgan fingerprint density at radius 3 is 2.79 bits per heavy atom. The Kier molecular flexibility index (Phi) is 7.59. The predicted octanol–water partition coefficient (Wildman–Crippen LogP) is 2.52. The number of halogens is 2. The number of amides is 1. The molecule has 0 radical (unpaired) electrons. The van der Waals surface area contributed by atoms with E-state index in [9.17, 15) is 9.59 Å². The van der Waals surface area contributed by atoms with E-state index in [4.69, 9.17) is 5.11 Å². The zero-order chi connectivity index (χ0) is 15.5. The molecule has 0 aromatic carbocycles. The summed E-state index contributed by atoms with van der Waals surface area (Å²) in [7, 11) is 0. The number of likely N-dealkylation sites (tertiary alicyclic amines) is 1. The van der Waals surface area contributed by atoms with Crippen LogP contribution in [0.1, 0.15) is 12.1 Å². The topological polar surface area (TPSA) is 83.4 Å². The van der Waals surface area contributed by atoms with Gasteiger partial charge in [-0.3, -0.25) is 14.6 Å². The number of aromatic nitrogens is 2. The highest BCUT2D eigenvalue weighted by atomic mass is 35.5. The highest BCUT2D eigenvalue weighted by molar-refractivity contribution is 7.13. The van der Waals surface area contributed by atoms with Crippen LogP contribution < -0.4 is 0 Å². The summed E-state index contributed by atoms with van der Waals surface area (Å²) in [5, 5.41) is 11.7. The summed E-state index contributed by atoms with van der Waals surface area (Å²) in [5.74, 6) is -1.33. The van der Waals surface area contributed by atoms with Crippen LogP contribution in [0.3, 0.4) is 0 Å². The van der Waals surface area contributed by atoms with Crippen molar-refractivity contribution in [2.45, 2.75) is 12.8 Å². The summed E-state index contributed by atoms with van der Waals surface area (Å²) in [6.07, 6.45) is 4.18. The molecular formula is C15H17Cl2N3O3S. The first-order valence-electron chi connectivity index (χ1n) is 6.99. The summed E-state index contributed by atoms with van der Waals surface area (Å²) in [4.78, 5) is 33.3. The third-order valence-electron chi connectivity index (χ3n) is 3.68. The van der Waals surface area contributed by atoms with Crippen LogP contribution in [0.25, 0.3) is 10.6 Å². The molecule has 6 nitrogen and oxygen atoms in total. The van der Waals surface area contributed by atoms with Gasteiger partial charge in [-0.05, 0) is 18.6 Å². The molecule has 2 aromatic heterocycles. The summed E-state index contributed by atoms with van der Waals surface area (Å²) < 4.78 is 0. The molecule has 9 heteroatoms. The predicted molar refractivity (Wildman–Crippen MR) is 95.9 cm³/mol. The van der Waals surface area contributed by atoms with Gasteiger partial charge in [0.15, 0.2) is 0 Å². The Labute approximate surface area is 155 Å². The number of carbonyl (C=O) groups is 2. The van der Waals surface area contributed by atoms with E-state index in [1.807, 2.05) is 17.5 Å².